The first-order valence-corrected chi connectivity index (χ1v) is 6.63. The Balaban J connectivity index is 2.37. The molecule has 0 bridgehead atoms. The fourth-order valence-corrected chi connectivity index (χ4v) is 2.44. The van der Waals surface area contributed by atoms with Crippen LogP contribution in [0.2, 0.25) is 0 Å². The van der Waals surface area contributed by atoms with Gasteiger partial charge in [0.15, 0.2) is 11.6 Å². The van der Waals surface area contributed by atoms with Crippen LogP contribution in [0, 0.1) is 18.6 Å². The van der Waals surface area contributed by atoms with Gasteiger partial charge in [0.05, 0.1) is 22.6 Å². The van der Waals surface area contributed by atoms with Crippen LogP contribution in [-0.2, 0) is 5.88 Å². The molecule has 1 aromatic heterocycles. The lowest BCUT2D eigenvalue weighted by atomic mass is 10.2. The van der Waals surface area contributed by atoms with Crippen molar-refractivity contribution in [2.24, 2.45) is 0 Å². The first kappa shape index (κ1) is 13.1. The van der Waals surface area contributed by atoms with Gasteiger partial charge >= 0.3 is 0 Å². The molecule has 3 aromatic rings. The van der Waals surface area contributed by atoms with Gasteiger partial charge in [0.2, 0.25) is 0 Å². The molecule has 0 saturated carbocycles. The van der Waals surface area contributed by atoms with Crippen molar-refractivity contribution in [2.75, 3.05) is 0 Å². The molecule has 0 radical (unpaired) electrons. The monoisotopic (exact) mass is 292 g/mol. The standard InChI is InChI=1S/C15H11ClF2N2/c1-9-5-6-12-11(7-9)19-14(8-16)20(12)13-4-2-3-10(17)15(13)18/h2-7H,8H2,1H3. The topological polar surface area (TPSA) is 17.8 Å². The molecule has 5 heteroatoms. The lowest BCUT2D eigenvalue weighted by molar-refractivity contribution is 0.504. The average Bonchev–Trinajstić information content (AvgIpc) is 2.79. The summed E-state index contributed by atoms with van der Waals surface area (Å²) in [4.78, 5) is 4.38. The van der Waals surface area contributed by atoms with Crippen molar-refractivity contribution < 1.29 is 8.78 Å². The molecule has 0 saturated heterocycles. The summed E-state index contributed by atoms with van der Waals surface area (Å²) >= 11 is 5.89. The molecule has 102 valence electrons. The highest BCUT2D eigenvalue weighted by Crippen LogP contribution is 2.26. The number of nitrogens with zero attached hydrogens (tertiary/aromatic N) is 2. The summed E-state index contributed by atoms with van der Waals surface area (Å²) in [7, 11) is 0. The summed E-state index contributed by atoms with van der Waals surface area (Å²) in [5.74, 6) is -1.20. The van der Waals surface area contributed by atoms with Gasteiger partial charge in [-0.1, -0.05) is 12.1 Å². The molecule has 0 aliphatic heterocycles. The van der Waals surface area contributed by atoms with Crippen molar-refractivity contribution in [3.8, 4) is 5.69 Å². The van der Waals surface area contributed by atoms with Gasteiger partial charge in [0, 0.05) is 0 Å². The Morgan fingerprint density at radius 2 is 2.00 bits per heavy atom. The quantitative estimate of drug-likeness (QED) is 0.642. The van der Waals surface area contributed by atoms with Gasteiger partial charge in [0.1, 0.15) is 5.82 Å². The zero-order chi connectivity index (χ0) is 14.3. The fraction of sp³-hybridized carbons (Fsp3) is 0.133. The van der Waals surface area contributed by atoms with E-state index in [1.807, 2.05) is 25.1 Å². The summed E-state index contributed by atoms with van der Waals surface area (Å²) in [5.41, 5.74) is 2.58. The third-order valence-corrected chi connectivity index (χ3v) is 3.41. The number of fused-ring (bicyclic) bond motifs is 1. The minimum Gasteiger partial charge on any atom is -0.292 e. The minimum atomic E-state index is -0.904. The summed E-state index contributed by atoms with van der Waals surface area (Å²) < 4.78 is 29.0. The van der Waals surface area contributed by atoms with Gasteiger partial charge in [0.25, 0.3) is 0 Å². The molecule has 0 unspecified atom stereocenters. The maximum Gasteiger partial charge on any atom is 0.182 e. The van der Waals surface area contributed by atoms with Crippen LogP contribution >= 0.6 is 11.6 Å². The maximum atomic E-state index is 14.0. The van der Waals surface area contributed by atoms with Crippen molar-refractivity contribution >= 4 is 22.6 Å². The normalized spacial score (nSPS) is 11.2. The zero-order valence-corrected chi connectivity index (χ0v) is 11.5. The minimum absolute atomic E-state index is 0.115. The van der Waals surface area contributed by atoms with Crippen LogP contribution in [0.4, 0.5) is 8.78 Å². The molecule has 20 heavy (non-hydrogen) atoms. The number of rotatable bonds is 2. The Hall–Kier alpha value is -1.94. The highest BCUT2D eigenvalue weighted by atomic mass is 35.5. The van der Waals surface area contributed by atoms with Crippen LogP contribution in [0.5, 0.6) is 0 Å². The second-order valence-corrected chi connectivity index (χ2v) is 4.83. The van der Waals surface area contributed by atoms with E-state index in [1.54, 1.807) is 4.57 Å². The van der Waals surface area contributed by atoms with E-state index in [1.165, 1.54) is 12.1 Å². The average molecular weight is 293 g/mol. The predicted octanol–water partition coefficient (Wildman–Crippen LogP) is 4.35. The van der Waals surface area contributed by atoms with Gasteiger partial charge in [-0.15, -0.1) is 11.6 Å². The highest BCUT2D eigenvalue weighted by molar-refractivity contribution is 6.17. The predicted molar refractivity (Wildman–Crippen MR) is 75.3 cm³/mol. The number of alkyl halides is 1. The summed E-state index contributed by atoms with van der Waals surface area (Å²) in [6, 6.07) is 9.68. The first-order chi connectivity index (χ1) is 9.61. The van der Waals surface area contributed by atoms with Crippen molar-refractivity contribution in [2.45, 2.75) is 12.8 Å². The largest absolute Gasteiger partial charge is 0.292 e. The van der Waals surface area contributed by atoms with Crippen LogP contribution in [0.25, 0.3) is 16.7 Å². The molecule has 1 heterocycles. The smallest absolute Gasteiger partial charge is 0.182 e. The fourth-order valence-electron chi connectivity index (χ4n) is 2.26. The van der Waals surface area contributed by atoms with Crippen LogP contribution in [-0.4, -0.2) is 9.55 Å². The number of hydrogen-bond acceptors (Lipinski definition) is 1. The number of hydrogen-bond donors (Lipinski definition) is 0. The summed E-state index contributed by atoms with van der Waals surface area (Å²) in [6.45, 7) is 1.95. The van der Waals surface area contributed by atoms with Crippen LogP contribution in [0.15, 0.2) is 36.4 Å². The van der Waals surface area contributed by atoms with Crippen LogP contribution in [0.3, 0.4) is 0 Å². The van der Waals surface area contributed by atoms with E-state index >= 15 is 0 Å². The molecule has 0 fully saturated rings. The van der Waals surface area contributed by atoms with Gasteiger partial charge in [-0.05, 0) is 36.8 Å². The zero-order valence-electron chi connectivity index (χ0n) is 10.7. The lowest BCUT2D eigenvalue weighted by Gasteiger charge is -2.09. The molecule has 2 aromatic carbocycles. The van der Waals surface area contributed by atoms with Gasteiger partial charge in [-0.3, -0.25) is 4.57 Å². The molecule has 2 nitrogen and oxygen atoms in total. The van der Waals surface area contributed by atoms with Crippen LogP contribution < -0.4 is 0 Å². The van der Waals surface area contributed by atoms with E-state index < -0.39 is 11.6 Å². The Morgan fingerprint density at radius 3 is 2.75 bits per heavy atom. The molecule has 0 atom stereocenters. The Morgan fingerprint density at radius 1 is 1.20 bits per heavy atom. The molecule has 0 N–H and O–H groups in total. The third kappa shape index (κ3) is 1.96. The second-order valence-electron chi connectivity index (χ2n) is 4.56. The summed E-state index contributed by atoms with van der Waals surface area (Å²) in [6.07, 6.45) is 0. The van der Waals surface area contributed by atoms with E-state index in [-0.39, 0.29) is 11.6 Å². The molecular formula is C15H11ClF2N2. The van der Waals surface area contributed by atoms with Crippen LogP contribution in [0.1, 0.15) is 11.4 Å². The molecule has 0 aliphatic rings. The number of benzene rings is 2. The third-order valence-electron chi connectivity index (χ3n) is 3.17. The first-order valence-electron chi connectivity index (χ1n) is 6.10. The molecule has 3 rings (SSSR count). The Labute approximate surface area is 119 Å². The number of halogens is 3. The molecular weight excluding hydrogens is 282 g/mol. The van der Waals surface area contributed by atoms with Crippen molar-refractivity contribution in [3.05, 3.63) is 59.4 Å². The van der Waals surface area contributed by atoms with Gasteiger partial charge in [-0.2, -0.15) is 0 Å². The van der Waals surface area contributed by atoms with E-state index in [9.17, 15) is 8.78 Å². The second kappa shape index (κ2) is 4.87. The highest BCUT2D eigenvalue weighted by Gasteiger charge is 2.16. The lowest BCUT2D eigenvalue weighted by Crippen LogP contribution is -2.03. The Kier molecular flexibility index (Phi) is 3.18. The Bertz CT molecular complexity index is 796. The molecule has 0 spiro atoms. The van der Waals surface area contributed by atoms with Gasteiger partial charge < -0.3 is 0 Å². The molecule has 0 aliphatic carbocycles. The SMILES string of the molecule is Cc1ccc2c(c1)nc(CCl)n2-c1cccc(F)c1F. The van der Waals surface area contributed by atoms with E-state index in [2.05, 4.69) is 4.98 Å². The van der Waals surface area contributed by atoms with E-state index in [0.29, 0.717) is 16.9 Å². The summed E-state index contributed by atoms with van der Waals surface area (Å²) in [5, 5.41) is 0. The van der Waals surface area contributed by atoms with E-state index in [4.69, 9.17) is 11.6 Å². The van der Waals surface area contributed by atoms with Gasteiger partial charge in [-0.25, -0.2) is 13.8 Å². The van der Waals surface area contributed by atoms with Crippen molar-refractivity contribution in [3.63, 3.8) is 0 Å². The number of aryl methyl sites for hydroxylation is 1. The number of imidazole rings is 1. The maximum absolute atomic E-state index is 14.0. The molecule has 0 amide bonds. The van der Waals surface area contributed by atoms with E-state index in [0.717, 1.165) is 11.6 Å². The van der Waals surface area contributed by atoms with Crippen molar-refractivity contribution in [1.82, 2.24) is 9.55 Å². The van der Waals surface area contributed by atoms with Crippen molar-refractivity contribution in [1.29, 1.82) is 0 Å². The number of aromatic nitrogens is 2.